The van der Waals surface area contributed by atoms with Crippen molar-refractivity contribution in [1.82, 2.24) is 34.8 Å². The Kier molecular flexibility index (Phi) is 14.3. The monoisotopic (exact) mass is 737 g/mol. The van der Waals surface area contributed by atoms with Crippen LogP contribution in [0.25, 0.3) is 0 Å². The lowest BCUT2D eigenvalue weighted by Crippen LogP contribution is -2.62. The number of likely N-dealkylation sites (tertiary alicyclic amines) is 1. The van der Waals surface area contributed by atoms with Gasteiger partial charge >= 0.3 is 6.03 Å². The topological polar surface area (TPSA) is 177 Å². The van der Waals surface area contributed by atoms with Crippen LogP contribution in [0.15, 0.2) is 12.7 Å². The number of hydrogen-bond acceptors (Lipinski definition) is 7. The molecule has 0 radical (unpaired) electrons. The zero-order chi connectivity index (χ0) is 38.5. The van der Waals surface area contributed by atoms with Gasteiger partial charge in [-0.3, -0.25) is 19.2 Å². The number of carbonyl (C=O) groups excluding carboxylic acids is 5. The number of Topliss-reactive ketones (excluding diaryl/α,β-unsaturated/α-hetero) is 1. The van der Waals surface area contributed by atoms with Crippen molar-refractivity contribution in [3.63, 3.8) is 0 Å². The molecule has 4 N–H and O–H groups in total. The molecule has 3 aliphatic rings. The third-order valence-electron chi connectivity index (χ3n) is 11.2. The third kappa shape index (κ3) is 10.1. The van der Waals surface area contributed by atoms with E-state index in [1.807, 2.05) is 27.7 Å². The second kappa shape index (κ2) is 17.2. The van der Waals surface area contributed by atoms with E-state index in [1.165, 1.54) is 31.5 Å². The first-order valence-electron chi connectivity index (χ1n) is 18.4. The Morgan fingerprint density at radius 1 is 1.00 bits per heavy atom. The van der Waals surface area contributed by atoms with E-state index in [2.05, 4.69) is 41.7 Å². The predicted molar refractivity (Wildman–Crippen MR) is 196 cm³/mol. The summed E-state index contributed by atoms with van der Waals surface area (Å²) in [6, 6.07) is -4.00. The summed E-state index contributed by atoms with van der Waals surface area (Å²) in [5.74, 6) is -2.58. The van der Waals surface area contributed by atoms with E-state index in [9.17, 15) is 32.4 Å². The van der Waals surface area contributed by atoms with E-state index < -0.39 is 63.4 Å². The van der Waals surface area contributed by atoms with Crippen LogP contribution in [0.1, 0.15) is 92.9 Å². The molecule has 51 heavy (non-hydrogen) atoms. The molecule has 15 heteroatoms. The number of ketones is 1. The number of nitrogens with one attached hydrogen (secondary N) is 4. The van der Waals surface area contributed by atoms with Crippen LogP contribution in [-0.4, -0.2) is 116 Å². The molecule has 1 heterocycles. The number of unbranched alkanes of at least 4 members (excludes halogenated alkanes) is 1. The van der Waals surface area contributed by atoms with Gasteiger partial charge in [-0.1, -0.05) is 79.7 Å². The molecule has 5 unspecified atom stereocenters. The maximum Gasteiger partial charge on any atom is 0.315 e. The zero-order valence-corrected chi connectivity index (χ0v) is 33.0. The van der Waals surface area contributed by atoms with Gasteiger partial charge in [0.05, 0.1) is 6.04 Å². The minimum absolute atomic E-state index is 0.00974. The molecule has 5 amide bonds. The average molecular weight is 738 g/mol. The molecule has 2 saturated carbocycles. The fourth-order valence-electron chi connectivity index (χ4n) is 7.69. The number of likely N-dealkylation sites (N-methyl/N-ethyl adjacent to an activating group) is 1. The number of urea groups is 1. The molecule has 1 saturated heterocycles. The minimum atomic E-state index is -3.74. The van der Waals surface area contributed by atoms with Crippen LogP contribution in [0.4, 0.5) is 4.79 Å². The van der Waals surface area contributed by atoms with Gasteiger partial charge in [-0.2, -0.15) is 17.0 Å². The van der Waals surface area contributed by atoms with Crippen molar-refractivity contribution in [3.8, 4) is 0 Å². The van der Waals surface area contributed by atoms with Crippen molar-refractivity contribution in [1.29, 1.82) is 0 Å². The first-order valence-corrected chi connectivity index (χ1v) is 19.8. The quantitative estimate of drug-likeness (QED) is 0.131. The Hall–Kier alpha value is -3.04. The Labute approximate surface area is 305 Å². The molecule has 3 fully saturated rings. The van der Waals surface area contributed by atoms with Crippen molar-refractivity contribution >= 4 is 39.7 Å². The largest absolute Gasteiger partial charge is 0.346 e. The summed E-state index contributed by atoms with van der Waals surface area (Å²) in [5, 5.41) is 11.3. The smallest absolute Gasteiger partial charge is 0.315 e. The SMILES string of the molecule is C=CCNC(=O)C(=O)C(CCCC)NC(=O)C1C2C(CN1C(=O)C(NC(=O)N[C@H](CN(C)S(=O)(=O)N(C)C)C(C)(C)C)C1CCCCC1)C2(C)C. The highest BCUT2D eigenvalue weighted by atomic mass is 32.2. The summed E-state index contributed by atoms with van der Waals surface area (Å²) in [6.45, 7) is 15.8. The lowest BCUT2D eigenvalue weighted by molar-refractivity contribution is -0.144. The summed E-state index contributed by atoms with van der Waals surface area (Å²) >= 11 is 0. The number of nitrogens with zero attached hydrogens (tertiary/aromatic N) is 3. The first-order chi connectivity index (χ1) is 23.7. The molecule has 0 aromatic rings. The lowest BCUT2D eigenvalue weighted by atomic mass is 9.83. The molecule has 0 aromatic heterocycles. The number of fused-ring (bicyclic) bond motifs is 1. The van der Waals surface area contributed by atoms with Crippen LogP contribution in [0.5, 0.6) is 0 Å². The summed E-state index contributed by atoms with van der Waals surface area (Å²) < 4.78 is 27.9. The summed E-state index contributed by atoms with van der Waals surface area (Å²) in [4.78, 5) is 69.9. The third-order valence-corrected chi connectivity index (χ3v) is 13.0. The molecule has 290 valence electrons. The van der Waals surface area contributed by atoms with Crippen molar-refractivity contribution in [2.45, 2.75) is 117 Å². The van der Waals surface area contributed by atoms with E-state index in [-0.39, 0.29) is 48.6 Å². The molecule has 1 aliphatic heterocycles. The van der Waals surface area contributed by atoms with Crippen LogP contribution < -0.4 is 21.3 Å². The van der Waals surface area contributed by atoms with Gasteiger partial charge in [0.2, 0.25) is 17.6 Å². The Balaban J connectivity index is 1.88. The lowest BCUT2D eigenvalue weighted by Gasteiger charge is -2.38. The van der Waals surface area contributed by atoms with Crippen molar-refractivity contribution in [3.05, 3.63) is 12.7 Å². The Bertz CT molecular complexity index is 1400. The molecule has 2 aliphatic carbocycles. The Morgan fingerprint density at radius 3 is 2.18 bits per heavy atom. The molecule has 0 spiro atoms. The van der Waals surface area contributed by atoms with E-state index in [4.69, 9.17) is 0 Å². The van der Waals surface area contributed by atoms with E-state index >= 15 is 0 Å². The molecule has 0 bridgehead atoms. The van der Waals surface area contributed by atoms with E-state index in [0.29, 0.717) is 13.0 Å². The molecular formula is C36H63N7O7S. The summed E-state index contributed by atoms with van der Waals surface area (Å²) in [5.41, 5.74) is -0.732. The van der Waals surface area contributed by atoms with Crippen molar-refractivity contribution in [2.24, 2.45) is 28.6 Å². The van der Waals surface area contributed by atoms with Crippen LogP contribution in [0.2, 0.25) is 0 Å². The summed E-state index contributed by atoms with van der Waals surface area (Å²) in [6.07, 6.45) is 7.45. The molecular weight excluding hydrogens is 675 g/mol. The predicted octanol–water partition coefficient (Wildman–Crippen LogP) is 2.42. The highest BCUT2D eigenvalue weighted by molar-refractivity contribution is 7.86. The number of rotatable bonds is 17. The van der Waals surface area contributed by atoms with Crippen LogP contribution in [0.3, 0.4) is 0 Å². The van der Waals surface area contributed by atoms with Crippen LogP contribution in [0, 0.1) is 28.6 Å². The summed E-state index contributed by atoms with van der Waals surface area (Å²) in [7, 11) is 0.611. The standard InChI is InChI=1S/C36H63N7O7S/c1-11-13-19-25(30(44)32(46)37-20-12-2)38-31(45)29-27-24(36(27,6)7)21-43(29)33(47)28(23-17-15-14-16-18-23)40-34(48)39-26(35(3,4)5)22-42(10)51(49,50)41(8)9/h12,23-29H,2,11,13-22H2,1,3-10H3,(H,37,46)(H,38,45)(H2,39,40,48)/t24?,25?,26-,27?,28?,29?/m1/s1. The number of piperidine rings is 1. The van der Waals surface area contributed by atoms with Gasteiger partial charge in [0.25, 0.3) is 16.1 Å². The molecule has 14 nitrogen and oxygen atoms in total. The normalized spacial score (nSPS) is 23.5. The van der Waals surface area contributed by atoms with E-state index in [0.717, 1.165) is 42.8 Å². The van der Waals surface area contributed by atoms with Gasteiger partial charge in [0.1, 0.15) is 12.1 Å². The van der Waals surface area contributed by atoms with E-state index in [1.54, 1.807) is 4.90 Å². The van der Waals surface area contributed by atoms with Gasteiger partial charge in [-0.15, -0.1) is 6.58 Å². The molecule has 6 atom stereocenters. The van der Waals surface area contributed by atoms with Gasteiger partial charge in [-0.05, 0) is 47.8 Å². The highest BCUT2D eigenvalue weighted by Gasteiger charge is 2.69. The van der Waals surface area contributed by atoms with Gasteiger partial charge in [-0.25, -0.2) is 4.79 Å². The van der Waals surface area contributed by atoms with Crippen LogP contribution in [-0.2, 0) is 29.4 Å². The fourth-order valence-corrected chi connectivity index (χ4v) is 8.59. The van der Waals surface area contributed by atoms with Gasteiger partial charge < -0.3 is 26.2 Å². The number of carbonyl (C=O) groups is 5. The van der Waals surface area contributed by atoms with Gasteiger partial charge in [0, 0.05) is 46.8 Å². The van der Waals surface area contributed by atoms with Crippen molar-refractivity contribution in [2.75, 3.05) is 40.8 Å². The highest BCUT2D eigenvalue weighted by Crippen LogP contribution is 2.65. The van der Waals surface area contributed by atoms with Gasteiger partial charge in [0.15, 0.2) is 0 Å². The average Bonchev–Trinajstić information content (AvgIpc) is 3.37. The minimum Gasteiger partial charge on any atom is -0.346 e. The second-order valence-corrected chi connectivity index (χ2v) is 18.7. The first kappa shape index (κ1) is 42.4. The van der Waals surface area contributed by atoms with Crippen molar-refractivity contribution < 1.29 is 32.4 Å². The number of hydrogen-bond donors (Lipinski definition) is 4. The Morgan fingerprint density at radius 2 is 1.63 bits per heavy atom. The number of amides is 5. The second-order valence-electron chi connectivity index (χ2n) is 16.4. The maximum absolute atomic E-state index is 14.6. The maximum atomic E-state index is 14.6. The molecule has 3 rings (SSSR count). The molecule has 0 aromatic carbocycles. The zero-order valence-electron chi connectivity index (χ0n) is 32.2. The fraction of sp³-hybridized carbons (Fsp3) is 0.806. The van der Waals surface area contributed by atoms with Crippen LogP contribution >= 0.6 is 0 Å².